The van der Waals surface area contributed by atoms with Crippen LogP contribution in [0, 0.1) is 0 Å². The summed E-state index contributed by atoms with van der Waals surface area (Å²) in [6.45, 7) is 11.6. The Bertz CT molecular complexity index is 1450. The largest absolute Gasteiger partial charge is 0.444 e. The Morgan fingerprint density at radius 1 is 1.08 bits per heavy atom. The standard InChI is InChI=1S/C28H34N6O4S/c1-16(2)21-14-20(25(39-21)30-27(37)38-28(3,4)5)24(35)29-22-15-23-33(11-12-34(23)31-22)18-7-8-19-17(13-18)9-10-32(6)26(19)36/h7-8,13-16H,9-12H2,1-6H3,(H,30,37)(H,29,31,35). The van der Waals surface area contributed by atoms with Crippen LogP contribution in [0.1, 0.15) is 71.7 Å². The molecule has 0 unspecified atom stereocenters. The van der Waals surface area contributed by atoms with E-state index in [2.05, 4.69) is 26.7 Å². The summed E-state index contributed by atoms with van der Waals surface area (Å²) >= 11 is 1.36. The first kappa shape index (κ1) is 26.7. The minimum absolute atomic E-state index is 0.0499. The molecule has 0 fully saturated rings. The number of anilines is 4. The van der Waals surface area contributed by atoms with E-state index in [0.29, 0.717) is 29.5 Å². The zero-order valence-electron chi connectivity index (χ0n) is 23.1. The Hall–Kier alpha value is -3.86. The number of carbonyl (C=O) groups is 3. The van der Waals surface area contributed by atoms with E-state index in [1.54, 1.807) is 31.7 Å². The van der Waals surface area contributed by atoms with Gasteiger partial charge >= 0.3 is 6.09 Å². The fraction of sp³-hybridized carbons (Fsp3) is 0.429. The van der Waals surface area contributed by atoms with Crippen molar-refractivity contribution in [1.82, 2.24) is 14.7 Å². The molecule has 0 bridgehead atoms. The van der Waals surface area contributed by atoms with Gasteiger partial charge in [0, 0.05) is 42.3 Å². The molecule has 3 amide bonds. The van der Waals surface area contributed by atoms with Crippen molar-refractivity contribution in [2.24, 2.45) is 0 Å². The smallest absolute Gasteiger partial charge is 0.412 e. The van der Waals surface area contributed by atoms with Crippen molar-refractivity contribution in [2.45, 2.75) is 59.1 Å². The summed E-state index contributed by atoms with van der Waals surface area (Å²) in [4.78, 5) is 43.1. The van der Waals surface area contributed by atoms with Crippen molar-refractivity contribution in [3.63, 3.8) is 0 Å². The third-order valence-corrected chi connectivity index (χ3v) is 8.04. The molecule has 5 rings (SSSR count). The highest BCUT2D eigenvalue weighted by molar-refractivity contribution is 7.16. The van der Waals surface area contributed by atoms with Crippen molar-refractivity contribution in [2.75, 3.05) is 35.7 Å². The number of nitrogens with one attached hydrogen (secondary N) is 2. The number of amides is 3. The van der Waals surface area contributed by atoms with Gasteiger partial charge in [-0.1, -0.05) is 13.8 Å². The highest BCUT2D eigenvalue weighted by Crippen LogP contribution is 2.36. The molecule has 0 spiro atoms. The summed E-state index contributed by atoms with van der Waals surface area (Å²) in [7, 11) is 1.82. The third kappa shape index (κ3) is 5.49. The van der Waals surface area contributed by atoms with Gasteiger partial charge in [-0.25, -0.2) is 9.48 Å². The van der Waals surface area contributed by atoms with Crippen LogP contribution in [0.2, 0.25) is 0 Å². The fourth-order valence-electron chi connectivity index (χ4n) is 4.72. The lowest BCUT2D eigenvalue weighted by Crippen LogP contribution is -2.34. The lowest BCUT2D eigenvalue weighted by molar-refractivity contribution is 0.0636. The minimum atomic E-state index is -0.655. The molecule has 2 aliphatic heterocycles. The van der Waals surface area contributed by atoms with Gasteiger partial charge in [0.15, 0.2) is 5.82 Å². The van der Waals surface area contributed by atoms with Gasteiger partial charge in [-0.15, -0.1) is 11.3 Å². The third-order valence-electron chi connectivity index (χ3n) is 6.69. The Labute approximate surface area is 231 Å². The van der Waals surface area contributed by atoms with Crippen LogP contribution in [-0.2, 0) is 17.7 Å². The molecule has 4 heterocycles. The van der Waals surface area contributed by atoms with E-state index in [9.17, 15) is 14.4 Å². The van der Waals surface area contributed by atoms with Gasteiger partial charge in [0.25, 0.3) is 11.8 Å². The summed E-state index contributed by atoms with van der Waals surface area (Å²) in [6.07, 6.45) is 0.210. The highest BCUT2D eigenvalue weighted by atomic mass is 32.1. The van der Waals surface area contributed by atoms with Crippen LogP contribution in [0.15, 0.2) is 30.3 Å². The summed E-state index contributed by atoms with van der Waals surface area (Å²) in [5, 5.41) is 10.7. The molecular formula is C28H34N6O4S. The number of hydrogen-bond donors (Lipinski definition) is 2. The second kappa shape index (κ2) is 10.0. The molecule has 0 saturated carbocycles. The van der Waals surface area contributed by atoms with Crippen LogP contribution in [-0.4, -0.2) is 58.3 Å². The average Bonchev–Trinajstić information content (AvgIpc) is 3.54. The van der Waals surface area contributed by atoms with E-state index in [1.807, 2.05) is 43.8 Å². The fourth-order valence-corrected chi connectivity index (χ4v) is 5.76. The number of rotatable bonds is 5. The molecule has 2 N–H and O–H groups in total. The molecular weight excluding hydrogens is 516 g/mol. The van der Waals surface area contributed by atoms with Crippen LogP contribution in [0.4, 0.5) is 27.1 Å². The number of nitrogens with zero attached hydrogens (tertiary/aromatic N) is 4. The quantitative estimate of drug-likeness (QED) is 0.438. The number of carbonyl (C=O) groups excluding carboxylic acids is 3. The number of ether oxygens (including phenoxy) is 1. The summed E-state index contributed by atoms with van der Waals surface area (Å²) in [5.41, 5.74) is 2.50. The van der Waals surface area contributed by atoms with Crippen molar-refractivity contribution < 1.29 is 19.1 Å². The van der Waals surface area contributed by atoms with E-state index < -0.39 is 11.7 Å². The summed E-state index contributed by atoms with van der Waals surface area (Å²) < 4.78 is 7.25. The normalized spacial score (nSPS) is 14.9. The number of aromatic nitrogens is 2. The molecule has 10 nitrogen and oxygen atoms in total. The number of thiophene rings is 1. The number of benzene rings is 1. The predicted molar refractivity (Wildman–Crippen MR) is 153 cm³/mol. The molecule has 1 aromatic carbocycles. The average molecular weight is 551 g/mol. The SMILES string of the molecule is CC(C)c1cc(C(=O)Nc2cc3n(n2)CCN3c2ccc3c(c2)CCN(C)C3=O)c(NC(=O)OC(C)(C)C)s1. The van der Waals surface area contributed by atoms with Crippen LogP contribution in [0.25, 0.3) is 0 Å². The van der Waals surface area contributed by atoms with Crippen molar-refractivity contribution in [1.29, 1.82) is 0 Å². The predicted octanol–water partition coefficient (Wildman–Crippen LogP) is 5.45. The summed E-state index contributed by atoms with van der Waals surface area (Å²) in [5.74, 6) is 1.17. The van der Waals surface area contributed by atoms with Crippen LogP contribution >= 0.6 is 11.3 Å². The van der Waals surface area contributed by atoms with Gasteiger partial charge in [0.2, 0.25) is 0 Å². The highest BCUT2D eigenvalue weighted by Gasteiger charge is 2.28. The maximum atomic E-state index is 13.3. The molecule has 11 heteroatoms. The Balaban J connectivity index is 1.35. The van der Waals surface area contributed by atoms with E-state index in [0.717, 1.165) is 40.5 Å². The Kier molecular flexibility index (Phi) is 6.88. The van der Waals surface area contributed by atoms with Gasteiger partial charge in [0.1, 0.15) is 16.4 Å². The molecule has 0 aliphatic carbocycles. The van der Waals surface area contributed by atoms with Gasteiger partial charge < -0.3 is 19.9 Å². The topological polar surface area (TPSA) is 109 Å². The molecule has 2 aliphatic rings. The molecule has 206 valence electrons. The monoisotopic (exact) mass is 550 g/mol. The van der Waals surface area contributed by atoms with Crippen molar-refractivity contribution in [3.05, 3.63) is 51.9 Å². The van der Waals surface area contributed by atoms with Crippen LogP contribution in [0.5, 0.6) is 0 Å². The maximum Gasteiger partial charge on any atom is 0.412 e. The summed E-state index contributed by atoms with van der Waals surface area (Å²) in [6, 6.07) is 9.59. The zero-order valence-corrected chi connectivity index (χ0v) is 23.9. The molecule has 0 atom stereocenters. The molecule has 2 aromatic heterocycles. The van der Waals surface area contributed by atoms with Crippen LogP contribution in [0.3, 0.4) is 0 Å². The second-order valence-electron chi connectivity index (χ2n) is 11.2. The van der Waals surface area contributed by atoms with Gasteiger partial charge in [-0.2, -0.15) is 5.10 Å². The number of likely N-dealkylation sites (N-methyl/N-ethyl adjacent to an activating group) is 1. The first-order chi connectivity index (χ1) is 18.4. The second-order valence-corrected chi connectivity index (χ2v) is 12.3. The lowest BCUT2D eigenvalue weighted by atomic mass is 9.98. The van der Waals surface area contributed by atoms with Crippen molar-refractivity contribution >= 4 is 51.6 Å². The first-order valence-electron chi connectivity index (χ1n) is 13.1. The number of fused-ring (bicyclic) bond motifs is 2. The maximum absolute atomic E-state index is 13.3. The molecule has 3 aromatic rings. The van der Waals surface area contributed by atoms with E-state index >= 15 is 0 Å². The van der Waals surface area contributed by atoms with Gasteiger partial charge in [-0.05, 0) is 62.9 Å². The molecule has 39 heavy (non-hydrogen) atoms. The van der Waals surface area contributed by atoms with Crippen molar-refractivity contribution in [3.8, 4) is 0 Å². The first-order valence-corrected chi connectivity index (χ1v) is 13.9. The van der Waals surface area contributed by atoms with E-state index in [-0.39, 0.29) is 17.7 Å². The van der Waals surface area contributed by atoms with Gasteiger partial charge in [0.05, 0.1) is 12.1 Å². The molecule has 0 radical (unpaired) electrons. The van der Waals surface area contributed by atoms with Gasteiger partial charge in [-0.3, -0.25) is 14.9 Å². The van der Waals surface area contributed by atoms with E-state index in [1.165, 1.54) is 11.3 Å². The Morgan fingerprint density at radius 3 is 2.56 bits per heavy atom. The molecule has 0 saturated heterocycles. The lowest BCUT2D eigenvalue weighted by Gasteiger charge is -2.26. The zero-order chi connectivity index (χ0) is 28.1. The van der Waals surface area contributed by atoms with E-state index in [4.69, 9.17) is 4.74 Å². The van der Waals surface area contributed by atoms with Crippen LogP contribution < -0.4 is 15.5 Å². The Morgan fingerprint density at radius 2 is 1.85 bits per heavy atom. The number of hydrogen-bond acceptors (Lipinski definition) is 7. The minimum Gasteiger partial charge on any atom is -0.444 e.